The Bertz CT molecular complexity index is 567. The molecule has 0 aliphatic carbocycles. The number of carboxylic acid groups (broad SMARTS) is 1. The number of benzene rings is 2. The van der Waals surface area contributed by atoms with Gasteiger partial charge in [0.15, 0.2) is 0 Å². The van der Waals surface area contributed by atoms with Gasteiger partial charge in [-0.2, -0.15) is 0 Å². The van der Waals surface area contributed by atoms with Crippen LogP contribution in [0.15, 0.2) is 48.5 Å². The average molecular weight is 242 g/mol. The van der Waals surface area contributed by atoms with Crippen LogP contribution in [0.25, 0.3) is 0 Å². The molecular weight excluding hydrogens is 228 g/mol. The minimum Gasteiger partial charge on any atom is -0.478 e. The van der Waals surface area contributed by atoms with Crippen molar-refractivity contribution in [1.82, 2.24) is 0 Å². The number of nitrogens with two attached hydrogens (primary N) is 1. The largest absolute Gasteiger partial charge is 0.478 e. The van der Waals surface area contributed by atoms with Crippen molar-refractivity contribution in [3.8, 4) is 0 Å². The molecule has 0 bridgehead atoms. The van der Waals surface area contributed by atoms with Gasteiger partial charge in [0, 0.05) is 6.54 Å². The summed E-state index contributed by atoms with van der Waals surface area (Å²) < 4.78 is 0. The number of nitrogens with one attached hydrogen (secondary N) is 1. The molecule has 0 unspecified atom stereocenters. The van der Waals surface area contributed by atoms with Crippen LogP contribution >= 0.6 is 0 Å². The molecule has 18 heavy (non-hydrogen) atoms. The summed E-state index contributed by atoms with van der Waals surface area (Å²) in [5.41, 5.74) is 8.51. The topological polar surface area (TPSA) is 75.3 Å². The molecule has 92 valence electrons. The molecular formula is C14H14N2O2. The van der Waals surface area contributed by atoms with Crippen molar-refractivity contribution in [2.45, 2.75) is 6.54 Å². The summed E-state index contributed by atoms with van der Waals surface area (Å²) in [6.45, 7) is 0.537. The van der Waals surface area contributed by atoms with Crippen LogP contribution in [0.1, 0.15) is 15.9 Å². The normalized spacial score (nSPS) is 10.0. The van der Waals surface area contributed by atoms with E-state index in [1.807, 2.05) is 30.3 Å². The van der Waals surface area contributed by atoms with Crippen molar-refractivity contribution in [3.05, 3.63) is 59.7 Å². The molecule has 2 aromatic rings. The minimum atomic E-state index is -0.920. The summed E-state index contributed by atoms with van der Waals surface area (Å²) in [5.74, 6) is -0.920. The van der Waals surface area contributed by atoms with Gasteiger partial charge in [0.1, 0.15) is 0 Å². The molecule has 0 spiro atoms. The molecule has 0 saturated carbocycles. The lowest BCUT2D eigenvalue weighted by Crippen LogP contribution is -2.04. The molecule has 0 aromatic heterocycles. The second kappa shape index (κ2) is 5.23. The second-order valence-corrected chi connectivity index (χ2v) is 3.95. The third-order valence-corrected chi connectivity index (χ3v) is 2.62. The van der Waals surface area contributed by atoms with Crippen molar-refractivity contribution >= 4 is 17.3 Å². The van der Waals surface area contributed by atoms with Gasteiger partial charge in [-0.05, 0) is 29.8 Å². The van der Waals surface area contributed by atoms with E-state index in [0.717, 1.165) is 11.3 Å². The number of hydrogen-bond acceptors (Lipinski definition) is 3. The third-order valence-electron chi connectivity index (χ3n) is 2.62. The summed E-state index contributed by atoms with van der Waals surface area (Å²) >= 11 is 0. The first-order valence-corrected chi connectivity index (χ1v) is 5.57. The fourth-order valence-corrected chi connectivity index (χ4v) is 1.67. The van der Waals surface area contributed by atoms with Gasteiger partial charge >= 0.3 is 5.97 Å². The van der Waals surface area contributed by atoms with Crippen LogP contribution in [0.4, 0.5) is 11.4 Å². The lowest BCUT2D eigenvalue weighted by molar-refractivity contribution is 0.0697. The van der Waals surface area contributed by atoms with Gasteiger partial charge < -0.3 is 16.2 Å². The summed E-state index contributed by atoms with van der Waals surface area (Å²) in [4.78, 5) is 10.8. The van der Waals surface area contributed by atoms with Crippen molar-refractivity contribution in [1.29, 1.82) is 0 Å². The zero-order valence-corrected chi connectivity index (χ0v) is 9.76. The first-order chi connectivity index (χ1) is 8.66. The van der Waals surface area contributed by atoms with E-state index >= 15 is 0 Å². The average Bonchev–Trinajstić information content (AvgIpc) is 2.38. The Hall–Kier alpha value is -2.49. The maximum absolute atomic E-state index is 10.8. The standard InChI is InChI=1S/C14H14N2O2/c15-12-6-1-2-7-13(12)16-9-10-4-3-5-11(8-10)14(17)18/h1-8,16H,9,15H2,(H,17,18). The number of hydrogen-bond donors (Lipinski definition) is 3. The van der Waals surface area contributed by atoms with Gasteiger partial charge in [-0.3, -0.25) is 0 Å². The fraction of sp³-hybridized carbons (Fsp3) is 0.0714. The van der Waals surface area contributed by atoms with Gasteiger partial charge in [-0.15, -0.1) is 0 Å². The zero-order chi connectivity index (χ0) is 13.0. The van der Waals surface area contributed by atoms with E-state index in [1.165, 1.54) is 0 Å². The lowest BCUT2D eigenvalue weighted by atomic mass is 10.1. The highest BCUT2D eigenvalue weighted by Gasteiger charge is 2.03. The maximum atomic E-state index is 10.8. The van der Waals surface area contributed by atoms with Gasteiger partial charge in [0.25, 0.3) is 0 Å². The lowest BCUT2D eigenvalue weighted by Gasteiger charge is -2.09. The van der Waals surface area contributed by atoms with Crippen LogP contribution < -0.4 is 11.1 Å². The molecule has 0 aliphatic rings. The second-order valence-electron chi connectivity index (χ2n) is 3.95. The number of carbonyl (C=O) groups is 1. The predicted molar refractivity (Wildman–Crippen MR) is 71.6 cm³/mol. The van der Waals surface area contributed by atoms with Crippen LogP contribution in [0.5, 0.6) is 0 Å². The van der Waals surface area contributed by atoms with Crippen molar-refractivity contribution < 1.29 is 9.90 Å². The van der Waals surface area contributed by atoms with Gasteiger partial charge in [-0.1, -0.05) is 24.3 Å². The quantitative estimate of drug-likeness (QED) is 0.720. The first kappa shape index (κ1) is 12.0. The highest BCUT2D eigenvalue weighted by atomic mass is 16.4. The summed E-state index contributed by atoms with van der Waals surface area (Å²) in [5, 5.41) is 12.1. The van der Waals surface area contributed by atoms with Crippen LogP contribution in [-0.4, -0.2) is 11.1 Å². The Labute approximate surface area is 105 Å². The van der Waals surface area contributed by atoms with Crippen LogP contribution in [-0.2, 0) is 6.54 Å². The van der Waals surface area contributed by atoms with E-state index in [4.69, 9.17) is 10.8 Å². The van der Waals surface area contributed by atoms with Gasteiger partial charge in [0.05, 0.1) is 16.9 Å². The maximum Gasteiger partial charge on any atom is 0.335 e. The molecule has 0 fully saturated rings. The Kier molecular flexibility index (Phi) is 3.48. The summed E-state index contributed by atoms with van der Waals surface area (Å²) in [7, 11) is 0. The van der Waals surface area contributed by atoms with E-state index in [1.54, 1.807) is 18.2 Å². The molecule has 0 saturated heterocycles. The summed E-state index contributed by atoms with van der Waals surface area (Å²) in [6, 6.07) is 14.3. The fourth-order valence-electron chi connectivity index (χ4n) is 1.67. The number of carboxylic acids is 1. The monoisotopic (exact) mass is 242 g/mol. The van der Waals surface area contributed by atoms with Gasteiger partial charge in [0.2, 0.25) is 0 Å². The molecule has 4 N–H and O–H groups in total. The van der Waals surface area contributed by atoms with E-state index in [2.05, 4.69) is 5.32 Å². The van der Waals surface area contributed by atoms with Crippen LogP contribution in [0.3, 0.4) is 0 Å². The van der Waals surface area contributed by atoms with Gasteiger partial charge in [-0.25, -0.2) is 4.79 Å². The highest BCUT2D eigenvalue weighted by molar-refractivity contribution is 5.87. The van der Waals surface area contributed by atoms with Crippen molar-refractivity contribution in [2.75, 3.05) is 11.1 Å². The van der Waals surface area contributed by atoms with E-state index < -0.39 is 5.97 Å². The van der Waals surface area contributed by atoms with Crippen LogP contribution in [0.2, 0.25) is 0 Å². The number of aromatic carboxylic acids is 1. The SMILES string of the molecule is Nc1ccccc1NCc1cccc(C(=O)O)c1. The van der Waals surface area contributed by atoms with E-state index in [0.29, 0.717) is 12.2 Å². The van der Waals surface area contributed by atoms with Crippen molar-refractivity contribution in [3.63, 3.8) is 0 Å². The Morgan fingerprint density at radius 1 is 1.17 bits per heavy atom. The highest BCUT2D eigenvalue weighted by Crippen LogP contribution is 2.18. The molecule has 0 atom stereocenters. The minimum absolute atomic E-state index is 0.287. The zero-order valence-electron chi connectivity index (χ0n) is 9.76. The predicted octanol–water partition coefficient (Wildman–Crippen LogP) is 2.58. The Balaban J connectivity index is 2.09. The third kappa shape index (κ3) is 2.79. The van der Waals surface area contributed by atoms with E-state index in [-0.39, 0.29) is 5.56 Å². The Morgan fingerprint density at radius 3 is 2.67 bits per heavy atom. The molecule has 0 heterocycles. The summed E-state index contributed by atoms with van der Waals surface area (Å²) in [6.07, 6.45) is 0. The molecule has 0 amide bonds. The molecule has 4 heteroatoms. The first-order valence-electron chi connectivity index (χ1n) is 5.57. The smallest absolute Gasteiger partial charge is 0.335 e. The number of rotatable bonds is 4. The van der Waals surface area contributed by atoms with Crippen LogP contribution in [0, 0.1) is 0 Å². The van der Waals surface area contributed by atoms with Crippen molar-refractivity contribution in [2.24, 2.45) is 0 Å². The number of para-hydroxylation sites is 2. The molecule has 4 nitrogen and oxygen atoms in total. The number of nitrogen functional groups attached to an aromatic ring is 1. The van der Waals surface area contributed by atoms with E-state index in [9.17, 15) is 4.79 Å². The molecule has 2 rings (SSSR count). The Morgan fingerprint density at radius 2 is 1.94 bits per heavy atom. The molecule has 0 aliphatic heterocycles. The molecule has 0 radical (unpaired) electrons. The number of anilines is 2. The molecule has 2 aromatic carbocycles.